The van der Waals surface area contributed by atoms with Gasteiger partial charge in [0.1, 0.15) is 23.3 Å². The Bertz CT molecular complexity index is 871. The van der Waals surface area contributed by atoms with Crippen molar-refractivity contribution in [1.82, 2.24) is 19.9 Å². The number of hydrogen-bond acceptors (Lipinski definition) is 9. The molecule has 0 amide bonds. The molecule has 3 rings (SSSR count). The third kappa shape index (κ3) is 5.62. The van der Waals surface area contributed by atoms with E-state index in [1.165, 1.54) is 38.5 Å². The average molecular weight is 395 g/mol. The highest BCUT2D eigenvalue weighted by Crippen LogP contribution is 2.23. The molecule has 2 aromatic rings. The Balaban J connectivity index is 1.68. The Morgan fingerprint density at radius 1 is 1.24 bits per heavy atom. The quantitative estimate of drug-likeness (QED) is 0.682. The number of rotatable bonds is 7. The summed E-state index contributed by atoms with van der Waals surface area (Å²) in [5, 5.41) is 15.2. The van der Waals surface area contributed by atoms with Gasteiger partial charge in [0.15, 0.2) is 5.69 Å². The SMILES string of the molecule is COC(=O)c1cnc(Nc2cnc(C#N)cn2)cc1NCCC1CCN(C)CC1. The van der Waals surface area contributed by atoms with Crippen LogP contribution in [-0.2, 0) is 4.74 Å². The van der Waals surface area contributed by atoms with Crippen LogP contribution in [0.1, 0.15) is 35.3 Å². The molecular weight excluding hydrogens is 370 g/mol. The van der Waals surface area contributed by atoms with Gasteiger partial charge in [0.25, 0.3) is 0 Å². The molecule has 1 fully saturated rings. The van der Waals surface area contributed by atoms with Crippen LogP contribution >= 0.6 is 0 Å². The lowest BCUT2D eigenvalue weighted by molar-refractivity contribution is 0.0601. The number of likely N-dealkylation sites (tertiary alicyclic amines) is 1. The van der Waals surface area contributed by atoms with Crippen molar-refractivity contribution < 1.29 is 9.53 Å². The summed E-state index contributed by atoms with van der Waals surface area (Å²) in [6.07, 6.45) is 7.75. The molecule has 2 aromatic heterocycles. The molecule has 9 heteroatoms. The molecular formula is C20H25N7O2. The van der Waals surface area contributed by atoms with Gasteiger partial charge < -0.3 is 20.3 Å². The number of nitrogens with one attached hydrogen (secondary N) is 2. The minimum absolute atomic E-state index is 0.237. The second kappa shape index (κ2) is 9.80. The fourth-order valence-electron chi connectivity index (χ4n) is 3.29. The molecule has 1 saturated heterocycles. The van der Waals surface area contributed by atoms with Gasteiger partial charge in [0.05, 0.1) is 25.2 Å². The predicted octanol–water partition coefficient (Wildman–Crippen LogP) is 2.42. The van der Waals surface area contributed by atoms with Crippen molar-refractivity contribution >= 4 is 23.3 Å². The molecule has 0 bridgehead atoms. The van der Waals surface area contributed by atoms with Crippen molar-refractivity contribution in [1.29, 1.82) is 5.26 Å². The molecule has 29 heavy (non-hydrogen) atoms. The van der Waals surface area contributed by atoms with Gasteiger partial charge in [0.2, 0.25) is 0 Å². The summed E-state index contributed by atoms with van der Waals surface area (Å²) < 4.78 is 4.87. The molecule has 0 saturated carbocycles. The van der Waals surface area contributed by atoms with Crippen molar-refractivity contribution in [3.63, 3.8) is 0 Å². The highest BCUT2D eigenvalue weighted by Gasteiger charge is 2.18. The van der Waals surface area contributed by atoms with Crippen LogP contribution in [0.5, 0.6) is 0 Å². The van der Waals surface area contributed by atoms with Crippen molar-refractivity contribution in [3.05, 3.63) is 35.9 Å². The fraction of sp³-hybridized carbons (Fsp3) is 0.450. The molecule has 0 aliphatic carbocycles. The lowest BCUT2D eigenvalue weighted by Gasteiger charge is -2.29. The second-order valence-corrected chi connectivity index (χ2v) is 7.09. The van der Waals surface area contributed by atoms with Crippen molar-refractivity contribution in [2.45, 2.75) is 19.3 Å². The highest BCUT2D eigenvalue weighted by molar-refractivity contribution is 5.95. The van der Waals surface area contributed by atoms with Gasteiger partial charge in [-0.2, -0.15) is 5.26 Å². The standard InChI is InChI=1S/C20H25N7O2/c1-27-7-4-14(5-8-27)3-6-22-17-9-18(25-12-16(17)20(28)29-2)26-19-13-23-15(10-21)11-24-19/h9,11-14H,3-8H2,1-2H3,(H2,22,24,25,26). The topological polar surface area (TPSA) is 116 Å². The molecule has 0 atom stereocenters. The molecule has 9 nitrogen and oxygen atoms in total. The number of carbonyl (C=O) groups is 1. The number of methoxy groups -OCH3 is 1. The normalized spacial score (nSPS) is 14.8. The zero-order valence-electron chi connectivity index (χ0n) is 16.7. The first-order valence-electron chi connectivity index (χ1n) is 9.59. The minimum Gasteiger partial charge on any atom is -0.465 e. The van der Waals surface area contributed by atoms with Crippen LogP contribution in [0.15, 0.2) is 24.7 Å². The Labute approximate surface area is 170 Å². The van der Waals surface area contributed by atoms with Crippen LogP contribution in [-0.4, -0.2) is 59.6 Å². The van der Waals surface area contributed by atoms with Crippen LogP contribution in [0.2, 0.25) is 0 Å². The van der Waals surface area contributed by atoms with Gasteiger partial charge >= 0.3 is 5.97 Å². The van der Waals surface area contributed by atoms with Gasteiger partial charge in [-0.25, -0.2) is 19.7 Å². The largest absolute Gasteiger partial charge is 0.465 e. The van der Waals surface area contributed by atoms with Gasteiger partial charge in [0, 0.05) is 18.8 Å². The maximum atomic E-state index is 12.1. The van der Waals surface area contributed by atoms with Crippen LogP contribution in [0.3, 0.4) is 0 Å². The molecule has 3 heterocycles. The molecule has 152 valence electrons. The predicted molar refractivity (Wildman–Crippen MR) is 109 cm³/mol. The molecule has 0 aromatic carbocycles. The van der Waals surface area contributed by atoms with E-state index in [0.717, 1.165) is 26.1 Å². The van der Waals surface area contributed by atoms with E-state index in [1.54, 1.807) is 6.07 Å². The summed E-state index contributed by atoms with van der Waals surface area (Å²) in [5.74, 6) is 1.22. The van der Waals surface area contributed by atoms with E-state index in [1.807, 2.05) is 6.07 Å². The number of nitrogens with zero attached hydrogens (tertiary/aromatic N) is 5. The number of hydrogen-bond donors (Lipinski definition) is 2. The maximum absolute atomic E-state index is 12.1. The van der Waals surface area contributed by atoms with Crippen LogP contribution in [0.25, 0.3) is 0 Å². The third-order valence-electron chi connectivity index (χ3n) is 5.04. The lowest BCUT2D eigenvalue weighted by Crippen LogP contribution is -2.30. The summed E-state index contributed by atoms with van der Waals surface area (Å²) in [6, 6.07) is 3.68. The van der Waals surface area contributed by atoms with E-state index < -0.39 is 5.97 Å². The maximum Gasteiger partial charge on any atom is 0.341 e. The first-order valence-corrected chi connectivity index (χ1v) is 9.59. The van der Waals surface area contributed by atoms with Crippen LogP contribution in [0, 0.1) is 17.2 Å². The van der Waals surface area contributed by atoms with E-state index in [0.29, 0.717) is 28.8 Å². The monoisotopic (exact) mass is 395 g/mol. The van der Waals surface area contributed by atoms with Crippen molar-refractivity contribution in [2.24, 2.45) is 5.92 Å². The van der Waals surface area contributed by atoms with Crippen molar-refractivity contribution in [2.75, 3.05) is 44.4 Å². The van der Waals surface area contributed by atoms with Gasteiger partial charge in [-0.05, 0) is 45.3 Å². The zero-order valence-corrected chi connectivity index (χ0v) is 16.7. The molecule has 1 aliphatic heterocycles. The minimum atomic E-state index is -0.441. The summed E-state index contributed by atoms with van der Waals surface area (Å²) in [4.78, 5) is 26.8. The van der Waals surface area contributed by atoms with E-state index in [9.17, 15) is 4.79 Å². The van der Waals surface area contributed by atoms with Gasteiger partial charge in [-0.3, -0.25) is 0 Å². The summed E-state index contributed by atoms with van der Waals surface area (Å²) in [7, 11) is 3.50. The Kier molecular flexibility index (Phi) is 6.92. The van der Waals surface area contributed by atoms with E-state index in [-0.39, 0.29) is 5.69 Å². The third-order valence-corrected chi connectivity index (χ3v) is 5.04. The number of aromatic nitrogens is 3. The van der Waals surface area contributed by atoms with Crippen LogP contribution in [0.4, 0.5) is 17.3 Å². The first kappa shape index (κ1) is 20.5. The average Bonchev–Trinajstić information content (AvgIpc) is 2.75. The molecule has 0 spiro atoms. The number of piperidine rings is 1. The zero-order chi connectivity index (χ0) is 20.6. The van der Waals surface area contributed by atoms with Gasteiger partial charge in [-0.15, -0.1) is 0 Å². The summed E-state index contributed by atoms with van der Waals surface area (Å²) in [6.45, 7) is 3.03. The number of esters is 1. The summed E-state index contributed by atoms with van der Waals surface area (Å²) >= 11 is 0. The van der Waals surface area contributed by atoms with Gasteiger partial charge in [-0.1, -0.05) is 0 Å². The number of pyridine rings is 1. The Hall–Kier alpha value is -3.25. The molecule has 0 unspecified atom stereocenters. The second-order valence-electron chi connectivity index (χ2n) is 7.09. The van der Waals surface area contributed by atoms with Crippen molar-refractivity contribution in [3.8, 4) is 6.07 Å². The Morgan fingerprint density at radius 2 is 2.00 bits per heavy atom. The van der Waals surface area contributed by atoms with Crippen LogP contribution < -0.4 is 10.6 Å². The van der Waals surface area contributed by atoms with E-state index in [4.69, 9.17) is 10.00 Å². The molecule has 2 N–H and O–H groups in total. The smallest absolute Gasteiger partial charge is 0.341 e. The summed E-state index contributed by atoms with van der Waals surface area (Å²) in [5.41, 5.74) is 1.28. The number of anilines is 3. The van der Waals surface area contributed by atoms with E-state index in [2.05, 4.69) is 37.5 Å². The molecule has 0 radical (unpaired) electrons. The van der Waals surface area contributed by atoms with E-state index >= 15 is 0 Å². The Morgan fingerprint density at radius 3 is 2.66 bits per heavy atom. The number of ether oxygens (including phenoxy) is 1. The first-order chi connectivity index (χ1) is 14.1. The molecule has 1 aliphatic rings. The fourth-order valence-corrected chi connectivity index (χ4v) is 3.29. The highest BCUT2D eigenvalue weighted by atomic mass is 16.5. The lowest BCUT2D eigenvalue weighted by atomic mass is 9.94. The number of nitriles is 1. The number of carbonyl (C=O) groups excluding carboxylic acids is 1.